The molecule has 1 aromatic rings. The van der Waals surface area contributed by atoms with Crippen LogP contribution < -0.4 is 4.74 Å². The van der Waals surface area contributed by atoms with Crippen molar-refractivity contribution in [1.82, 2.24) is 0 Å². The highest BCUT2D eigenvalue weighted by molar-refractivity contribution is 5.76. The van der Waals surface area contributed by atoms with Gasteiger partial charge in [-0.2, -0.15) is 13.2 Å². The van der Waals surface area contributed by atoms with Crippen LogP contribution in [0.1, 0.15) is 29.8 Å². The predicted octanol–water partition coefficient (Wildman–Crippen LogP) is 3.31. The van der Waals surface area contributed by atoms with Crippen molar-refractivity contribution in [3.63, 3.8) is 0 Å². The number of ether oxygens (including phenoxy) is 1. The molecule has 2 nitrogen and oxygen atoms in total. The zero-order valence-corrected chi connectivity index (χ0v) is 8.84. The number of alkyl halides is 3. The molecule has 0 aliphatic carbocycles. The standard InChI is InChI=1S/C11H11F3O2/c1-7(2)16-10-4-8(6-15)3-9(5-10)11(12,13)14/h3-7H,1-2H3. The van der Waals surface area contributed by atoms with Gasteiger partial charge in [0.2, 0.25) is 0 Å². The van der Waals surface area contributed by atoms with Gasteiger partial charge in [0.15, 0.2) is 0 Å². The first-order valence-electron chi connectivity index (χ1n) is 4.67. The summed E-state index contributed by atoms with van der Waals surface area (Å²) in [5.74, 6) is 0.0481. The van der Waals surface area contributed by atoms with Crippen molar-refractivity contribution in [3.05, 3.63) is 29.3 Å². The van der Waals surface area contributed by atoms with Gasteiger partial charge < -0.3 is 4.74 Å². The van der Waals surface area contributed by atoms with E-state index in [1.807, 2.05) is 0 Å². The molecule has 0 saturated carbocycles. The van der Waals surface area contributed by atoms with Crippen LogP contribution in [0.3, 0.4) is 0 Å². The Bertz CT molecular complexity index is 383. The van der Waals surface area contributed by atoms with E-state index in [0.29, 0.717) is 6.29 Å². The van der Waals surface area contributed by atoms with Gasteiger partial charge in [-0.15, -0.1) is 0 Å². The van der Waals surface area contributed by atoms with Crippen molar-refractivity contribution in [2.24, 2.45) is 0 Å². The van der Waals surface area contributed by atoms with E-state index < -0.39 is 11.7 Å². The van der Waals surface area contributed by atoms with Gasteiger partial charge in [0, 0.05) is 5.56 Å². The maximum atomic E-state index is 12.5. The summed E-state index contributed by atoms with van der Waals surface area (Å²) < 4.78 is 42.5. The monoisotopic (exact) mass is 232 g/mol. The molecule has 0 aliphatic heterocycles. The van der Waals surface area contributed by atoms with Crippen LogP contribution in [0.15, 0.2) is 18.2 Å². The van der Waals surface area contributed by atoms with Crippen molar-refractivity contribution in [2.45, 2.75) is 26.1 Å². The van der Waals surface area contributed by atoms with Gasteiger partial charge in [-0.3, -0.25) is 4.79 Å². The molecule has 0 aromatic heterocycles. The third-order valence-corrected chi connectivity index (χ3v) is 1.76. The molecule has 0 N–H and O–H groups in total. The molecule has 0 bridgehead atoms. The molecular weight excluding hydrogens is 221 g/mol. The summed E-state index contributed by atoms with van der Waals surface area (Å²) in [5, 5.41) is 0. The Hall–Kier alpha value is -1.52. The van der Waals surface area contributed by atoms with Crippen molar-refractivity contribution < 1.29 is 22.7 Å². The first-order valence-corrected chi connectivity index (χ1v) is 4.67. The summed E-state index contributed by atoms with van der Waals surface area (Å²) in [7, 11) is 0. The third-order valence-electron chi connectivity index (χ3n) is 1.76. The molecule has 0 saturated heterocycles. The Labute approximate surface area is 91.0 Å². The largest absolute Gasteiger partial charge is 0.491 e. The predicted molar refractivity (Wildman–Crippen MR) is 52.6 cm³/mol. The second-order valence-corrected chi connectivity index (χ2v) is 3.57. The van der Waals surface area contributed by atoms with E-state index in [0.717, 1.165) is 12.1 Å². The number of rotatable bonds is 3. The minimum atomic E-state index is -4.48. The van der Waals surface area contributed by atoms with Crippen LogP contribution >= 0.6 is 0 Å². The fourth-order valence-corrected chi connectivity index (χ4v) is 1.19. The van der Waals surface area contributed by atoms with Crippen LogP contribution in [0, 0.1) is 0 Å². The highest BCUT2D eigenvalue weighted by Gasteiger charge is 2.31. The van der Waals surface area contributed by atoms with Crippen molar-refractivity contribution in [3.8, 4) is 5.75 Å². The molecule has 5 heteroatoms. The molecule has 0 radical (unpaired) electrons. The molecule has 0 fully saturated rings. The molecule has 0 amide bonds. The van der Waals surface area contributed by atoms with E-state index in [1.54, 1.807) is 13.8 Å². The summed E-state index contributed by atoms with van der Waals surface area (Å²) in [5.41, 5.74) is -0.932. The lowest BCUT2D eigenvalue weighted by atomic mass is 10.1. The molecule has 0 spiro atoms. The van der Waals surface area contributed by atoms with E-state index in [-0.39, 0.29) is 17.4 Å². The van der Waals surface area contributed by atoms with Gasteiger partial charge in [-0.25, -0.2) is 0 Å². The summed E-state index contributed by atoms with van der Waals surface area (Å²) in [6.45, 7) is 3.39. The second-order valence-electron chi connectivity index (χ2n) is 3.57. The molecule has 0 unspecified atom stereocenters. The van der Waals surface area contributed by atoms with E-state index >= 15 is 0 Å². The number of aldehydes is 1. The Morgan fingerprint density at radius 2 is 1.88 bits per heavy atom. The Balaban J connectivity index is 3.16. The van der Waals surface area contributed by atoms with E-state index in [9.17, 15) is 18.0 Å². The lowest BCUT2D eigenvalue weighted by Gasteiger charge is -2.13. The normalized spacial score (nSPS) is 11.6. The zero-order valence-electron chi connectivity index (χ0n) is 8.84. The Morgan fingerprint density at radius 3 is 2.31 bits per heavy atom. The van der Waals surface area contributed by atoms with Gasteiger partial charge in [-0.05, 0) is 32.0 Å². The molecule has 88 valence electrons. The van der Waals surface area contributed by atoms with E-state index in [1.165, 1.54) is 6.07 Å². The smallest absolute Gasteiger partial charge is 0.416 e. The zero-order chi connectivity index (χ0) is 12.3. The van der Waals surface area contributed by atoms with Crippen molar-refractivity contribution >= 4 is 6.29 Å². The van der Waals surface area contributed by atoms with Gasteiger partial charge in [0.05, 0.1) is 11.7 Å². The second kappa shape index (κ2) is 4.55. The Morgan fingerprint density at radius 1 is 1.25 bits per heavy atom. The highest BCUT2D eigenvalue weighted by atomic mass is 19.4. The lowest BCUT2D eigenvalue weighted by molar-refractivity contribution is -0.137. The van der Waals surface area contributed by atoms with Crippen LogP contribution in [0.2, 0.25) is 0 Å². The molecule has 0 aliphatic rings. The SMILES string of the molecule is CC(C)Oc1cc(C=O)cc(C(F)(F)F)c1. The maximum absolute atomic E-state index is 12.5. The topological polar surface area (TPSA) is 26.3 Å². The minimum Gasteiger partial charge on any atom is -0.491 e. The average molecular weight is 232 g/mol. The van der Waals surface area contributed by atoms with Gasteiger partial charge in [0.25, 0.3) is 0 Å². The summed E-state index contributed by atoms with van der Waals surface area (Å²) in [4.78, 5) is 10.5. The van der Waals surface area contributed by atoms with Gasteiger partial charge in [0.1, 0.15) is 12.0 Å². The Kier molecular flexibility index (Phi) is 3.57. The molecular formula is C11H11F3O2. The number of halogens is 3. The fourth-order valence-electron chi connectivity index (χ4n) is 1.19. The summed E-state index contributed by atoms with van der Waals surface area (Å²) in [6.07, 6.45) is -4.36. The van der Waals surface area contributed by atoms with Crippen LogP contribution in [0.25, 0.3) is 0 Å². The van der Waals surface area contributed by atoms with Gasteiger partial charge in [-0.1, -0.05) is 0 Å². The number of benzene rings is 1. The fraction of sp³-hybridized carbons (Fsp3) is 0.364. The first kappa shape index (κ1) is 12.5. The number of hydrogen-bond acceptors (Lipinski definition) is 2. The average Bonchev–Trinajstić information content (AvgIpc) is 2.14. The molecule has 1 rings (SSSR count). The molecule has 0 atom stereocenters. The van der Waals surface area contributed by atoms with Crippen LogP contribution in [0.4, 0.5) is 13.2 Å². The quantitative estimate of drug-likeness (QED) is 0.747. The summed E-state index contributed by atoms with van der Waals surface area (Å²) in [6, 6.07) is 2.95. The van der Waals surface area contributed by atoms with Crippen molar-refractivity contribution in [1.29, 1.82) is 0 Å². The number of carbonyl (C=O) groups is 1. The van der Waals surface area contributed by atoms with E-state index in [2.05, 4.69) is 0 Å². The first-order chi connectivity index (χ1) is 7.32. The van der Waals surface area contributed by atoms with Crippen LogP contribution in [0.5, 0.6) is 5.75 Å². The maximum Gasteiger partial charge on any atom is 0.416 e. The lowest BCUT2D eigenvalue weighted by Crippen LogP contribution is -2.09. The summed E-state index contributed by atoms with van der Waals surface area (Å²) >= 11 is 0. The number of hydrogen-bond donors (Lipinski definition) is 0. The highest BCUT2D eigenvalue weighted by Crippen LogP contribution is 2.32. The molecule has 16 heavy (non-hydrogen) atoms. The third kappa shape index (κ3) is 3.25. The molecule has 0 heterocycles. The molecule has 1 aromatic carbocycles. The van der Waals surface area contributed by atoms with Crippen LogP contribution in [-0.2, 0) is 6.18 Å². The van der Waals surface area contributed by atoms with E-state index in [4.69, 9.17) is 4.74 Å². The van der Waals surface area contributed by atoms with Crippen LogP contribution in [-0.4, -0.2) is 12.4 Å². The number of carbonyl (C=O) groups excluding carboxylic acids is 1. The van der Waals surface area contributed by atoms with Crippen molar-refractivity contribution in [2.75, 3.05) is 0 Å². The minimum absolute atomic E-state index is 0.0481. The van der Waals surface area contributed by atoms with Gasteiger partial charge >= 0.3 is 6.18 Å².